The number of aliphatic carboxylic acids is 1. The molecule has 6 nitrogen and oxygen atoms in total. The van der Waals surface area contributed by atoms with Crippen LogP contribution in [0.1, 0.15) is 25.7 Å². The molecule has 0 spiro atoms. The van der Waals surface area contributed by atoms with Gasteiger partial charge in [0.25, 0.3) is 0 Å². The normalized spacial score (nSPS) is 27.7. The van der Waals surface area contributed by atoms with Gasteiger partial charge in [0, 0.05) is 32.7 Å². The van der Waals surface area contributed by atoms with E-state index in [2.05, 4.69) is 22.2 Å². The van der Waals surface area contributed by atoms with E-state index >= 15 is 0 Å². The summed E-state index contributed by atoms with van der Waals surface area (Å²) in [5.74, 6) is -1.71. The minimum atomic E-state index is -0.829. The van der Waals surface area contributed by atoms with Crippen molar-refractivity contribution in [1.29, 1.82) is 0 Å². The van der Waals surface area contributed by atoms with Crippen LogP contribution < -0.4 is 5.32 Å². The molecule has 0 radical (unpaired) electrons. The van der Waals surface area contributed by atoms with Crippen LogP contribution in [-0.4, -0.2) is 73.1 Å². The second-order valence-corrected chi connectivity index (χ2v) is 6.27. The number of carbonyl (C=O) groups is 2. The van der Waals surface area contributed by atoms with Crippen molar-refractivity contribution >= 4 is 11.9 Å². The van der Waals surface area contributed by atoms with Crippen molar-refractivity contribution in [3.05, 3.63) is 0 Å². The lowest BCUT2D eigenvalue weighted by atomic mass is 9.95. The van der Waals surface area contributed by atoms with Gasteiger partial charge in [-0.25, -0.2) is 0 Å². The summed E-state index contributed by atoms with van der Waals surface area (Å²) in [7, 11) is 2.14. The Hall–Kier alpha value is -1.14. The number of rotatable bonds is 6. The number of carboxylic acid groups (broad SMARTS) is 1. The lowest BCUT2D eigenvalue weighted by Crippen LogP contribution is -2.45. The number of hydrogen-bond donors (Lipinski definition) is 2. The Morgan fingerprint density at radius 1 is 1.14 bits per heavy atom. The van der Waals surface area contributed by atoms with E-state index in [1.54, 1.807) is 0 Å². The number of likely N-dealkylation sites (N-methyl/N-ethyl adjacent to an activating group) is 1. The quantitative estimate of drug-likeness (QED) is 0.687. The second kappa shape index (κ2) is 7.75. The first-order valence-corrected chi connectivity index (χ1v) is 7.99. The van der Waals surface area contributed by atoms with Crippen molar-refractivity contribution in [1.82, 2.24) is 15.1 Å². The van der Waals surface area contributed by atoms with E-state index in [-0.39, 0.29) is 11.8 Å². The lowest BCUT2D eigenvalue weighted by Gasteiger charge is -2.32. The highest BCUT2D eigenvalue weighted by molar-refractivity contribution is 5.85. The Kier molecular flexibility index (Phi) is 5.99. The molecule has 2 N–H and O–H groups in total. The first kappa shape index (κ1) is 16.2. The van der Waals surface area contributed by atoms with E-state index in [0.717, 1.165) is 45.6 Å². The van der Waals surface area contributed by atoms with Gasteiger partial charge in [0.05, 0.1) is 11.8 Å². The summed E-state index contributed by atoms with van der Waals surface area (Å²) in [4.78, 5) is 27.9. The highest BCUT2D eigenvalue weighted by atomic mass is 16.4. The smallest absolute Gasteiger partial charge is 0.307 e. The summed E-state index contributed by atoms with van der Waals surface area (Å²) in [6.45, 7) is 6.04. The lowest BCUT2D eigenvalue weighted by molar-refractivity contribution is -0.146. The number of amides is 1. The molecule has 1 saturated heterocycles. The van der Waals surface area contributed by atoms with Gasteiger partial charge in [-0.15, -0.1) is 0 Å². The minimum Gasteiger partial charge on any atom is -0.481 e. The van der Waals surface area contributed by atoms with Crippen molar-refractivity contribution in [2.24, 2.45) is 11.8 Å². The van der Waals surface area contributed by atoms with Gasteiger partial charge in [-0.3, -0.25) is 9.59 Å². The summed E-state index contributed by atoms with van der Waals surface area (Å²) in [5, 5.41) is 12.0. The van der Waals surface area contributed by atoms with Gasteiger partial charge in [0.15, 0.2) is 0 Å². The Labute approximate surface area is 126 Å². The number of nitrogens with zero attached hydrogens (tertiary/aromatic N) is 2. The van der Waals surface area contributed by atoms with Gasteiger partial charge in [-0.05, 0) is 32.9 Å². The van der Waals surface area contributed by atoms with Gasteiger partial charge >= 0.3 is 5.97 Å². The fourth-order valence-electron chi connectivity index (χ4n) is 3.29. The molecule has 2 rings (SSSR count). The van der Waals surface area contributed by atoms with Gasteiger partial charge in [-0.1, -0.05) is 6.42 Å². The maximum Gasteiger partial charge on any atom is 0.307 e. The van der Waals surface area contributed by atoms with E-state index in [4.69, 9.17) is 5.11 Å². The van der Waals surface area contributed by atoms with Crippen LogP contribution in [0, 0.1) is 11.8 Å². The molecule has 0 aromatic carbocycles. The summed E-state index contributed by atoms with van der Waals surface area (Å²) < 4.78 is 0. The van der Waals surface area contributed by atoms with E-state index in [1.165, 1.54) is 0 Å². The monoisotopic (exact) mass is 297 g/mol. The SMILES string of the molecule is CN1CCN(CCCNC(=O)[C@@H]2CCC[C@@H]2C(=O)O)CC1. The molecular weight excluding hydrogens is 270 g/mol. The van der Waals surface area contributed by atoms with Crippen molar-refractivity contribution in [3.63, 3.8) is 0 Å². The third-order valence-corrected chi connectivity index (χ3v) is 4.72. The minimum absolute atomic E-state index is 0.0710. The Balaban J connectivity index is 1.62. The molecule has 6 heteroatoms. The first-order valence-electron chi connectivity index (χ1n) is 7.99. The van der Waals surface area contributed by atoms with Crippen LogP contribution in [0.2, 0.25) is 0 Å². The molecule has 0 unspecified atom stereocenters. The average molecular weight is 297 g/mol. The van der Waals surface area contributed by atoms with Gasteiger partial charge in [0.1, 0.15) is 0 Å². The van der Waals surface area contributed by atoms with Crippen LogP contribution in [0.5, 0.6) is 0 Å². The van der Waals surface area contributed by atoms with Crippen LogP contribution in [0.3, 0.4) is 0 Å². The molecule has 1 heterocycles. The predicted molar refractivity (Wildman–Crippen MR) is 80.0 cm³/mol. The zero-order valence-electron chi connectivity index (χ0n) is 12.9. The Morgan fingerprint density at radius 3 is 2.48 bits per heavy atom. The fraction of sp³-hybridized carbons (Fsp3) is 0.867. The number of piperazine rings is 1. The van der Waals surface area contributed by atoms with Crippen LogP contribution >= 0.6 is 0 Å². The molecule has 2 atom stereocenters. The molecule has 1 aliphatic heterocycles. The van der Waals surface area contributed by atoms with Crippen LogP contribution in [0.25, 0.3) is 0 Å². The molecule has 0 bridgehead atoms. The van der Waals surface area contributed by atoms with E-state index in [9.17, 15) is 9.59 Å². The molecule has 120 valence electrons. The van der Waals surface area contributed by atoms with Gasteiger partial charge < -0.3 is 20.2 Å². The van der Waals surface area contributed by atoms with Crippen LogP contribution in [0.15, 0.2) is 0 Å². The largest absolute Gasteiger partial charge is 0.481 e. The molecule has 2 aliphatic rings. The molecule has 0 aromatic heterocycles. The molecule has 1 amide bonds. The maximum atomic E-state index is 12.1. The van der Waals surface area contributed by atoms with E-state index in [0.29, 0.717) is 19.4 Å². The molecule has 1 saturated carbocycles. The third kappa shape index (κ3) is 4.68. The molecule has 0 aromatic rings. The number of nitrogens with one attached hydrogen (secondary N) is 1. The van der Waals surface area contributed by atoms with Gasteiger partial charge in [-0.2, -0.15) is 0 Å². The molecular formula is C15H27N3O3. The number of carbonyl (C=O) groups excluding carboxylic acids is 1. The fourth-order valence-corrected chi connectivity index (χ4v) is 3.29. The standard InChI is InChI=1S/C15H27N3O3/c1-17-8-10-18(11-9-17)7-3-6-16-14(19)12-4-2-5-13(12)15(20)21/h12-13H,2-11H2,1H3,(H,16,19)(H,20,21)/t12-,13+/m1/s1. The predicted octanol–water partition coefficient (Wildman–Crippen LogP) is 0.241. The van der Waals surface area contributed by atoms with E-state index < -0.39 is 11.9 Å². The summed E-state index contributed by atoms with van der Waals surface area (Å²) in [6, 6.07) is 0. The summed E-state index contributed by atoms with van der Waals surface area (Å²) in [6.07, 6.45) is 3.12. The Morgan fingerprint density at radius 2 is 1.81 bits per heavy atom. The first-order chi connectivity index (χ1) is 10.1. The molecule has 1 aliphatic carbocycles. The zero-order valence-corrected chi connectivity index (χ0v) is 12.9. The highest BCUT2D eigenvalue weighted by Crippen LogP contribution is 2.31. The maximum absolute atomic E-state index is 12.1. The van der Waals surface area contributed by atoms with E-state index in [1.807, 2.05) is 0 Å². The van der Waals surface area contributed by atoms with Crippen LogP contribution in [-0.2, 0) is 9.59 Å². The van der Waals surface area contributed by atoms with Crippen molar-refractivity contribution < 1.29 is 14.7 Å². The number of carboxylic acids is 1. The van der Waals surface area contributed by atoms with Crippen molar-refractivity contribution in [2.45, 2.75) is 25.7 Å². The highest BCUT2D eigenvalue weighted by Gasteiger charge is 2.37. The zero-order chi connectivity index (χ0) is 15.2. The molecule has 21 heavy (non-hydrogen) atoms. The third-order valence-electron chi connectivity index (χ3n) is 4.72. The van der Waals surface area contributed by atoms with Crippen LogP contribution in [0.4, 0.5) is 0 Å². The number of hydrogen-bond acceptors (Lipinski definition) is 4. The van der Waals surface area contributed by atoms with Gasteiger partial charge in [0.2, 0.25) is 5.91 Å². The van der Waals surface area contributed by atoms with Crippen molar-refractivity contribution in [2.75, 3.05) is 46.3 Å². The second-order valence-electron chi connectivity index (χ2n) is 6.27. The van der Waals surface area contributed by atoms with Crippen molar-refractivity contribution in [3.8, 4) is 0 Å². The topological polar surface area (TPSA) is 72.9 Å². The summed E-state index contributed by atoms with van der Waals surface area (Å²) in [5.41, 5.74) is 0. The Bertz CT molecular complexity index is 367. The molecule has 2 fully saturated rings. The average Bonchev–Trinajstić information content (AvgIpc) is 2.95. The summed E-state index contributed by atoms with van der Waals surface area (Å²) >= 11 is 0.